The summed E-state index contributed by atoms with van der Waals surface area (Å²) in [6.45, 7) is 3.89. The van der Waals surface area contributed by atoms with Crippen molar-refractivity contribution < 1.29 is 34.6 Å². The van der Waals surface area contributed by atoms with Crippen molar-refractivity contribution >= 4 is 19.4 Å². The van der Waals surface area contributed by atoms with E-state index in [1.165, 1.54) is 24.3 Å². The summed E-state index contributed by atoms with van der Waals surface area (Å²) in [5.74, 6) is -0.00278. The van der Waals surface area contributed by atoms with Crippen LogP contribution >= 0.6 is 7.34 Å². The Morgan fingerprint density at radius 1 is 1.23 bits per heavy atom. The molecule has 0 fully saturated rings. The van der Waals surface area contributed by atoms with Crippen molar-refractivity contribution in [2.24, 2.45) is 5.92 Å². The van der Waals surface area contributed by atoms with Crippen molar-refractivity contribution in [1.29, 1.82) is 0 Å². The summed E-state index contributed by atoms with van der Waals surface area (Å²) in [7, 11) is -3.39. The third kappa shape index (κ3) is 3.65. The largest absolute Gasteiger partial charge is 0.508 e. The van der Waals surface area contributed by atoms with Gasteiger partial charge >= 0.3 is 0 Å². The van der Waals surface area contributed by atoms with Crippen LogP contribution in [0.25, 0.3) is 5.76 Å². The lowest BCUT2D eigenvalue weighted by Gasteiger charge is -2.30. The molecule has 26 heavy (non-hydrogen) atoms. The van der Waals surface area contributed by atoms with Gasteiger partial charge in [0.05, 0.1) is 0 Å². The van der Waals surface area contributed by atoms with Crippen molar-refractivity contribution in [3.05, 3.63) is 65.3 Å². The maximum atomic E-state index is 10.4. The number of benzene rings is 1. The second-order valence-corrected chi connectivity index (χ2v) is 8.12. The number of hydrogen-bond donors (Lipinski definition) is 5. The Hall–Kier alpha value is -2.60. The molecule has 1 aromatic rings. The predicted molar refractivity (Wildman–Crippen MR) is 98.8 cm³/mol. The molecule has 8 heteroatoms. The minimum Gasteiger partial charge on any atom is -0.508 e. The van der Waals surface area contributed by atoms with Gasteiger partial charge in [-0.05, 0) is 37.0 Å². The molecule has 0 aromatic heterocycles. The molecule has 138 valence electrons. The van der Waals surface area contributed by atoms with E-state index in [0.717, 1.165) is 0 Å². The summed E-state index contributed by atoms with van der Waals surface area (Å²) in [5.41, 5.74) is 0.818. The van der Waals surface area contributed by atoms with Crippen molar-refractivity contribution in [2.45, 2.75) is 6.42 Å². The lowest BCUT2D eigenvalue weighted by molar-refractivity contribution is 0.265. The van der Waals surface area contributed by atoms with Gasteiger partial charge < -0.3 is 34.6 Å². The number of ether oxygens (including phenoxy) is 2. The summed E-state index contributed by atoms with van der Waals surface area (Å²) in [6.07, 6.45) is 6.30. The topological polar surface area (TPSA) is 120 Å². The number of allylic oxidation sites excluding steroid dienone is 4. The summed E-state index contributed by atoms with van der Waals surface area (Å²) < 4.78 is 10.9. The number of aliphatic hydroxyl groups excluding tert-OH is 2. The molecule has 0 amide bonds. The molecule has 1 unspecified atom stereocenters. The third-order valence-electron chi connectivity index (χ3n) is 4.00. The molecule has 1 heterocycles. The normalized spacial score (nSPS) is 20.1. The zero-order chi connectivity index (χ0) is 19.1. The van der Waals surface area contributed by atoms with Gasteiger partial charge in [0, 0.05) is 23.1 Å². The van der Waals surface area contributed by atoms with E-state index in [1.807, 2.05) is 0 Å². The molecule has 1 aliphatic heterocycles. The first-order chi connectivity index (χ1) is 12.2. The van der Waals surface area contributed by atoms with E-state index in [4.69, 9.17) is 9.47 Å². The maximum absolute atomic E-state index is 10.4. The molecule has 0 radical (unpaired) electrons. The van der Waals surface area contributed by atoms with Crippen molar-refractivity contribution in [3.8, 4) is 11.5 Å². The minimum absolute atomic E-state index is 0.0370. The molecule has 0 spiro atoms. The van der Waals surface area contributed by atoms with Crippen LogP contribution in [0.2, 0.25) is 0 Å². The van der Waals surface area contributed by atoms with Crippen LogP contribution in [-0.4, -0.2) is 37.8 Å². The number of fused-ring (bicyclic) bond motifs is 1. The van der Waals surface area contributed by atoms with Gasteiger partial charge in [-0.1, -0.05) is 6.58 Å². The summed E-state index contributed by atoms with van der Waals surface area (Å²) in [5, 5.41) is 30.2. The first kappa shape index (κ1) is 18.2. The standard InChI is InChI=1S/C18H19O7P/c1-10-13-5-4-12(19)8-16(13)25-18(17(10)21)11-3-6-15(14(20)7-11)24-9-26(2,22)23/h3-4,6-8,13,19-23H,1-2,5,9H2. The summed E-state index contributed by atoms with van der Waals surface area (Å²) in [4.78, 5) is 18.5. The number of hydrogen-bond acceptors (Lipinski definition) is 7. The number of phenolic OH excluding ortho intramolecular Hbond substituents is 1. The van der Waals surface area contributed by atoms with Crippen LogP contribution in [-0.2, 0) is 4.74 Å². The molecule has 7 nitrogen and oxygen atoms in total. The second-order valence-electron chi connectivity index (χ2n) is 6.10. The van der Waals surface area contributed by atoms with Gasteiger partial charge in [-0.15, -0.1) is 0 Å². The molecule has 3 rings (SSSR count). The molecule has 1 atom stereocenters. The monoisotopic (exact) mass is 378 g/mol. The van der Waals surface area contributed by atoms with Gasteiger partial charge in [0.2, 0.25) is 0 Å². The Kier molecular flexibility index (Phi) is 4.63. The Balaban J connectivity index is 1.91. The Bertz CT molecular complexity index is 904. The lowest BCUT2D eigenvalue weighted by Crippen LogP contribution is -2.20. The maximum Gasteiger partial charge on any atom is 0.176 e. The highest BCUT2D eigenvalue weighted by atomic mass is 31.2. The number of aromatic hydroxyl groups is 1. The Morgan fingerprint density at radius 2 is 1.96 bits per heavy atom. The fourth-order valence-electron chi connectivity index (χ4n) is 2.70. The highest BCUT2D eigenvalue weighted by molar-refractivity contribution is 7.62. The van der Waals surface area contributed by atoms with Crippen LogP contribution in [0.4, 0.5) is 0 Å². The SMILES string of the molecule is C=C1C(O)=C(c2ccc(OCP(=C)(O)O)c(O)c2)OC2=CC(O)=CCC12. The zero-order valence-electron chi connectivity index (χ0n) is 13.8. The van der Waals surface area contributed by atoms with E-state index in [9.17, 15) is 25.1 Å². The molecule has 5 N–H and O–H groups in total. The highest BCUT2D eigenvalue weighted by Gasteiger charge is 2.33. The molecule has 0 saturated carbocycles. The van der Waals surface area contributed by atoms with Gasteiger partial charge in [0.15, 0.2) is 29.4 Å². The van der Waals surface area contributed by atoms with E-state index in [-0.39, 0.29) is 34.7 Å². The van der Waals surface area contributed by atoms with Gasteiger partial charge in [-0.2, -0.15) is 0 Å². The van der Waals surface area contributed by atoms with E-state index in [1.54, 1.807) is 6.08 Å². The van der Waals surface area contributed by atoms with E-state index in [0.29, 0.717) is 23.3 Å². The van der Waals surface area contributed by atoms with Gasteiger partial charge in [0.1, 0.15) is 18.9 Å². The molecular formula is C18H19O7P. The number of aliphatic hydroxyl groups is 2. The van der Waals surface area contributed by atoms with Crippen LogP contribution in [0.5, 0.6) is 11.5 Å². The number of rotatable bonds is 4. The number of phenols is 1. The fourth-order valence-corrected chi connectivity index (χ4v) is 3.05. The Labute approximate surface area is 150 Å². The van der Waals surface area contributed by atoms with Crippen LogP contribution in [0.15, 0.2) is 59.8 Å². The van der Waals surface area contributed by atoms with Gasteiger partial charge in [-0.25, -0.2) is 0 Å². The van der Waals surface area contributed by atoms with Crippen LogP contribution in [0.1, 0.15) is 12.0 Å². The van der Waals surface area contributed by atoms with Crippen LogP contribution in [0.3, 0.4) is 0 Å². The Morgan fingerprint density at radius 3 is 2.62 bits per heavy atom. The van der Waals surface area contributed by atoms with E-state index in [2.05, 4.69) is 12.9 Å². The zero-order valence-corrected chi connectivity index (χ0v) is 14.7. The summed E-state index contributed by atoms with van der Waals surface area (Å²) in [6, 6.07) is 4.25. The average Bonchev–Trinajstić information content (AvgIpc) is 2.56. The molecule has 0 saturated heterocycles. The fraction of sp³-hybridized carbons (Fsp3) is 0.167. The third-order valence-corrected chi connectivity index (χ3v) is 4.55. The second kappa shape index (κ2) is 6.61. The van der Waals surface area contributed by atoms with Crippen molar-refractivity contribution in [3.63, 3.8) is 0 Å². The molecule has 2 aliphatic rings. The molecule has 1 aliphatic carbocycles. The van der Waals surface area contributed by atoms with Crippen LogP contribution in [0, 0.1) is 5.92 Å². The van der Waals surface area contributed by atoms with Gasteiger partial charge in [0.25, 0.3) is 0 Å². The van der Waals surface area contributed by atoms with E-state index >= 15 is 0 Å². The average molecular weight is 378 g/mol. The highest BCUT2D eigenvalue weighted by Crippen LogP contribution is 2.43. The lowest BCUT2D eigenvalue weighted by atomic mass is 9.87. The van der Waals surface area contributed by atoms with Crippen molar-refractivity contribution in [1.82, 2.24) is 0 Å². The van der Waals surface area contributed by atoms with Crippen molar-refractivity contribution in [2.75, 3.05) is 6.35 Å². The molecule has 0 bridgehead atoms. The molecule has 1 aromatic carbocycles. The molecular weight excluding hydrogens is 359 g/mol. The van der Waals surface area contributed by atoms with Gasteiger partial charge in [-0.3, -0.25) is 0 Å². The predicted octanol–water partition coefficient (Wildman–Crippen LogP) is 3.15. The summed E-state index contributed by atoms with van der Waals surface area (Å²) >= 11 is 0. The quantitative estimate of drug-likeness (QED) is 0.511. The first-order valence-corrected chi connectivity index (χ1v) is 9.77. The van der Waals surface area contributed by atoms with Crippen LogP contribution < -0.4 is 4.74 Å². The smallest absolute Gasteiger partial charge is 0.176 e. The minimum atomic E-state index is -3.39. The first-order valence-electron chi connectivity index (χ1n) is 7.71. The van der Waals surface area contributed by atoms with E-state index < -0.39 is 13.7 Å².